The Kier molecular flexibility index (Phi) is 4.07. The van der Waals surface area contributed by atoms with E-state index in [9.17, 15) is 0 Å². The molecule has 2 N–H and O–H groups in total. The van der Waals surface area contributed by atoms with Crippen LogP contribution in [-0.4, -0.2) is 17.1 Å². The Morgan fingerprint density at radius 1 is 1.20 bits per heavy atom. The van der Waals surface area contributed by atoms with Crippen LogP contribution in [0.25, 0.3) is 10.2 Å². The summed E-state index contributed by atoms with van der Waals surface area (Å²) in [5.74, 6) is 0.831. The predicted molar refractivity (Wildman–Crippen MR) is 86.5 cm³/mol. The van der Waals surface area contributed by atoms with E-state index in [0.717, 1.165) is 22.7 Å². The van der Waals surface area contributed by atoms with Gasteiger partial charge in [-0.2, -0.15) is 0 Å². The maximum Gasteiger partial charge on any atom is 0.146 e. The number of aromatic nitrogens is 1. The summed E-state index contributed by atoms with van der Waals surface area (Å²) in [6, 6.07) is 6.08. The monoisotopic (exact) mass is 292 g/mol. The summed E-state index contributed by atoms with van der Waals surface area (Å²) in [7, 11) is 0. The van der Waals surface area contributed by atoms with Crippen molar-refractivity contribution in [3.63, 3.8) is 0 Å². The second kappa shape index (κ2) is 5.34. The highest BCUT2D eigenvalue weighted by molar-refractivity contribution is 7.18. The summed E-state index contributed by atoms with van der Waals surface area (Å²) in [6.45, 7) is 11.1. The second-order valence-electron chi connectivity index (χ2n) is 7.23. The van der Waals surface area contributed by atoms with Crippen LogP contribution < -0.4 is 10.5 Å². The fourth-order valence-corrected chi connectivity index (χ4v) is 3.16. The van der Waals surface area contributed by atoms with Crippen LogP contribution in [0.15, 0.2) is 18.2 Å². The van der Waals surface area contributed by atoms with Crippen molar-refractivity contribution in [2.45, 2.75) is 46.6 Å². The highest BCUT2D eigenvalue weighted by Gasteiger charge is 2.17. The molecule has 110 valence electrons. The van der Waals surface area contributed by atoms with Crippen LogP contribution in [-0.2, 0) is 6.42 Å². The molecule has 2 rings (SSSR count). The third-order valence-electron chi connectivity index (χ3n) is 2.71. The molecule has 0 fully saturated rings. The Morgan fingerprint density at radius 2 is 1.90 bits per heavy atom. The third kappa shape index (κ3) is 4.18. The van der Waals surface area contributed by atoms with Gasteiger partial charge in [-0.15, -0.1) is 11.3 Å². The summed E-state index contributed by atoms with van der Waals surface area (Å²) < 4.78 is 7.02. The van der Waals surface area contributed by atoms with Gasteiger partial charge in [-0.05, 0) is 31.4 Å². The Morgan fingerprint density at radius 3 is 2.50 bits per heavy atom. The van der Waals surface area contributed by atoms with Crippen LogP contribution in [0, 0.1) is 5.41 Å². The van der Waals surface area contributed by atoms with E-state index in [4.69, 9.17) is 15.5 Å². The van der Waals surface area contributed by atoms with Crippen molar-refractivity contribution in [3.05, 3.63) is 23.2 Å². The Labute approximate surface area is 125 Å². The zero-order valence-corrected chi connectivity index (χ0v) is 13.8. The quantitative estimate of drug-likeness (QED) is 0.926. The average Bonchev–Trinajstić information content (AvgIpc) is 2.64. The molecular weight excluding hydrogens is 268 g/mol. The summed E-state index contributed by atoms with van der Waals surface area (Å²) in [4.78, 5) is 4.75. The number of para-hydroxylation sites is 1. The minimum Gasteiger partial charge on any atom is -0.489 e. The predicted octanol–water partition coefficient (Wildman–Crippen LogP) is 4.00. The molecule has 0 amide bonds. The molecule has 0 spiro atoms. The van der Waals surface area contributed by atoms with Crippen molar-refractivity contribution in [2.24, 2.45) is 11.1 Å². The lowest BCUT2D eigenvalue weighted by atomic mass is 9.93. The van der Waals surface area contributed by atoms with Gasteiger partial charge in [-0.1, -0.05) is 26.8 Å². The fourth-order valence-electron chi connectivity index (χ4n) is 1.88. The van der Waals surface area contributed by atoms with E-state index < -0.39 is 0 Å². The van der Waals surface area contributed by atoms with E-state index in [1.807, 2.05) is 26.0 Å². The van der Waals surface area contributed by atoms with Crippen molar-refractivity contribution in [2.75, 3.05) is 6.61 Å². The van der Waals surface area contributed by atoms with Gasteiger partial charge in [0.15, 0.2) is 0 Å². The summed E-state index contributed by atoms with van der Waals surface area (Å²) in [5.41, 5.74) is 6.84. The second-order valence-corrected chi connectivity index (χ2v) is 8.34. The van der Waals surface area contributed by atoms with Gasteiger partial charge in [0, 0.05) is 12.0 Å². The van der Waals surface area contributed by atoms with Crippen LogP contribution >= 0.6 is 11.3 Å². The summed E-state index contributed by atoms with van der Waals surface area (Å²) >= 11 is 1.75. The topological polar surface area (TPSA) is 48.1 Å². The fraction of sp³-hybridized carbons (Fsp3) is 0.562. The molecule has 1 heterocycles. The number of fused-ring (bicyclic) bond motifs is 1. The number of nitrogens with zero attached hydrogens (tertiary/aromatic N) is 1. The van der Waals surface area contributed by atoms with Gasteiger partial charge in [0.25, 0.3) is 0 Å². The summed E-state index contributed by atoms with van der Waals surface area (Å²) in [5, 5.41) is 1.16. The molecule has 1 aromatic heterocycles. The Bertz CT molecular complexity index is 591. The van der Waals surface area contributed by atoms with Crippen molar-refractivity contribution in [1.82, 2.24) is 4.98 Å². The first kappa shape index (κ1) is 15.3. The first-order chi connectivity index (χ1) is 9.14. The van der Waals surface area contributed by atoms with E-state index in [-0.39, 0.29) is 11.0 Å². The maximum atomic E-state index is 5.97. The van der Waals surface area contributed by atoms with Gasteiger partial charge in [-0.25, -0.2) is 4.98 Å². The SMILES string of the molecule is CC(C)(C)Cc1nc2c(OCC(C)(C)N)cccc2s1. The van der Waals surface area contributed by atoms with E-state index >= 15 is 0 Å². The van der Waals surface area contributed by atoms with Gasteiger partial charge < -0.3 is 10.5 Å². The third-order valence-corrected chi connectivity index (χ3v) is 3.73. The molecule has 4 heteroatoms. The standard InChI is InChI=1S/C16H24N2OS/c1-15(2,3)9-13-18-14-11(19-10-16(4,5)17)7-6-8-12(14)20-13/h6-8H,9-10,17H2,1-5H3. The van der Waals surface area contributed by atoms with Gasteiger partial charge in [0.2, 0.25) is 0 Å². The van der Waals surface area contributed by atoms with Gasteiger partial charge in [-0.3, -0.25) is 0 Å². The lowest BCUT2D eigenvalue weighted by molar-refractivity contribution is 0.245. The van der Waals surface area contributed by atoms with Crippen LogP contribution in [0.5, 0.6) is 5.75 Å². The van der Waals surface area contributed by atoms with Crippen molar-refractivity contribution >= 4 is 21.6 Å². The minimum atomic E-state index is -0.341. The van der Waals surface area contributed by atoms with E-state index in [2.05, 4.69) is 26.8 Å². The number of benzene rings is 1. The van der Waals surface area contributed by atoms with E-state index in [1.54, 1.807) is 11.3 Å². The molecular formula is C16H24N2OS. The zero-order valence-electron chi connectivity index (χ0n) is 13.0. The number of ether oxygens (including phenoxy) is 1. The smallest absolute Gasteiger partial charge is 0.146 e. The molecule has 3 nitrogen and oxygen atoms in total. The zero-order chi connectivity index (χ0) is 15.0. The Balaban J connectivity index is 2.28. The lowest BCUT2D eigenvalue weighted by Crippen LogP contribution is -2.38. The molecule has 0 unspecified atom stereocenters. The maximum absolute atomic E-state index is 5.97. The minimum absolute atomic E-state index is 0.244. The molecule has 20 heavy (non-hydrogen) atoms. The van der Waals surface area contributed by atoms with Crippen LogP contribution in [0.1, 0.15) is 39.6 Å². The highest BCUT2D eigenvalue weighted by Crippen LogP contribution is 2.32. The normalized spacial score (nSPS) is 12.9. The largest absolute Gasteiger partial charge is 0.489 e. The molecule has 2 aromatic rings. The van der Waals surface area contributed by atoms with E-state index in [1.165, 1.54) is 4.70 Å². The number of hydrogen-bond donors (Lipinski definition) is 1. The number of nitrogens with two attached hydrogens (primary N) is 1. The van der Waals surface area contributed by atoms with Gasteiger partial charge in [0.05, 0.1) is 9.71 Å². The molecule has 0 saturated carbocycles. The first-order valence-electron chi connectivity index (χ1n) is 6.94. The van der Waals surface area contributed by atoms with Gasteiger partial charge >= 0.3 is 0 Å². The molecule has 0 aliphatic carbocycles. The summed E-state index contributed by atoms with van der Waals surface area (Å²) in [6.07, 6.45) is 0.980. The van der Waals surface area contributed by atoms with Crippen molar-refractivity contribution in [1.29, 1.82) is 0 Å². The van der Waals surface area contributed by atoms with Crippen LogP contribution in [0.2, 0.25) is 0 Å². The number of hydrogen-bond acceptors (Lipinski definition) is 4. The average molecular weight is 292 g/mol. The molecule has 0 radical (unpaired) electrons. The molecule has 1 aromatic carbocycles. The molecule has 0 aliphatic heterocycles. The molecule has 0 atom stereocenters. The number of thiazole rings is 1. The number of rotatable bonds is 4. The molecule has 0 saturated heterocycles. The molecule has 0 bridgehead atoms. The van der Waals surface area contributed by atoms with Crippen molar-refractivity contribution in [3.8, 4) is 5.75 Å². The van der Waals surface area contributed by atoms with Crippen LogP contribution in [0.4, 0.5) is 0 Å². The highest BCUT2D eigenvalue weighted by atomic mass is 32.1. The Hall–Kier alpha value is -1.13. The lowest BCUT2D eigenvalue weighted by Gasteiger charge is -2.19. The van der Waals surface area contributed by atoms with E-state index in [0.29, 0.717) is 6.61 Å². The molecule has 0 aliphatic rings. The van der Waals surface area contributed by atoms with Crippen LogP contribution in [0.3, 0.4) is 0 Å². The van der Waals surface area contributed by atoms with Gasteiger partial charge in [0.1, 0.15) is 17.9 Å². The van der Waals surface area contributed by atoms with Crippen molar-refractivity contribution < 1.29 is 4.74 Å². The first-order valence-corrected chi connectivity index (χ1v) is 7.76.